The molecule has 3 N–H and O–H groups in total. The summed E-state index contributed by atoms with van der Waals surface area (Å²) in [5.41, 5.74) is 1.91. The average Bonchev–Trinajstić information content (AvgIpc) is 2.49. The van der Waals surface area contributed by atoms with Crippen LogP contribution in [0.4, 0.5) is 10.5 Å². The van der Waals surface area contributed by atoms with Gasteiger partial charge in [-0.2, -0.15) is 0 Å². The fourth-order valence-corrected chi connectivity index (χ4v) is 3.64. The largest absolute Gasteiger partial charge is 0.335 e. The maximum absolute atomic E-state index is 12.0. The molecular formula is C15H23N3O2S. The van der Waals surface area contributed by atoms with Crippen molar-refractivity contribution in [3.05, 3.63) is 29.8 Å². The summed E-state index contributed by atoms with van der Waals surface area (Å²) in [6.45, 7) is 2.07. The summed E-state index contributed by atoms with van der Waals surface area (Å²) < 4.78 is 11.3. The van der Waals surface area contributed by atoms with Crippen LogP contribution in [0.1, 0.15) is 31.4 Å². The van der Waals surface area contributed by atoms with Gasteiger partial charge in [-0.05, 0) is 44.5 Å². The van der Waals surface area contributed by atoms with E-state index < -0.39 is 10.8 Å². The summed E-state index contributed by atoms with van der Waals surface area (Å²) in [5, 5.41) is 8.99. The first-order valence-electron chi connectivity index (χ1n) is 7.28. The van der Waals surface area contributed by atoms with Crippen LogP contribution in [0, 0.1) is 0 Å². The topological polar surface area (TPSA) is 70.2 Å². The Hall–Kier alpha value is -1.40. The number of amides is 2. The van der Waals surface area contributed by atoms with E-state index in [4.69, 9.17) is 0 Å². The standard InChI is InChI=1S/C15H23N3O2S/c1-11(16-2)12-4-3-5-14(10-12)18-15(19)17-13-6-8-21(20)9-7-13/h3-5,10-11,13,16H,6-9H2,1-2H3,(H2,17,18,19). The normalized spacial score (nSPS) is 23.3. The summed E-state index contributed by atoms with van der Waals surface area (Å²) in [6.07, 6.45) is 1.58. The van der Waals surface area contributed by atoms with Gasteiger partial charge in [0.1, 0.15) is 0 Å². The fraction of sp³-hybridized carbons (Fsp3) is 0.533. The Morgan fingerprint density at radius 1 is 1.33 bits per heavy atom. The Morgan fingerprint density at radius 3 is 2.71 bits per heavy atom. The number of anilines is 1. The lowest BCUT2D eigenvalue weighted by Gasteiger charge is -2.22. The minimum atomic E-state index is -0.702. The zero-order valence-electron chi connectivity index (χ0n) is 12.5. The van der Waals surface area contributed by atoms with E-state index >= 15 is 0 Å². The van der Waals surface area contributed by atoms with Gasteiger partial charge in [-0.3, -0.25) is 4.21 Å². The molecule has 1 saturated heterocycles. The van der Waals surface area contributed by atoms with Crippen LogP contribution in [-0.2, 0) is 10.8 Å². The lowest BCUT2D eigenvalue weighted by Crippen LogP contribution is -2.41. The van der Waals surface area contributed by atoms with Gasteiger partial charge in [0.15, 0.2) is 0 Å². The molecular weight excluding hydrogens is 286 g/mol. The molecule has 1 aromatic rings. The van der Waals surface area contributed by atoms with E-state index in [0.717, 1.165) is 24.1 Å². The fourth-order valence-electron chi connectivity index (χ4n) is 2.34. The third-order valence-corrected chi connectivity index (χ3v) is 5.18. The first-order valence-corrected chi connectivity index (χ1v) is 8.77. The maximum atomic E-state index is 12.0. The van der Waals surface area contributed by atoms with E-state index in [1.165, 1.54) is 0 Å². The lowest BCUT2D eigenvalue weighted by atomic mass is 10.1. The first-order chi connectivity index (χ1) is 10.1. The van der Waals surface area contributed by atoms with E-state index in [2.05, 4.69) is 22.9 Å². The van der Waals surface area contributed by atoms with Gasteiger partial charge in [0.25, 0.3) is 0 Å². The van der Waals surface area contributed by atoms with E-state index in [0.29, 0.717) is 11.5 Å². The second-order valence-corrected chi connectivity index (χ2v) is 7.05. The van der Waals surface area contributed by atoms with Gasteiger partial charge >= 0.3 is 6.03 Å². The van der Waals surface area contributed by atoms with E-state index in [-0.39, 0.29) is 18.1 Å². The molecule has 1 atom stereocenters. The molecule has 0 radical (unpaired) electrons. The average molecular weight is 309 g/mol. The van der Waals surface area contributed by atoms with Crippen LogP contribution >= 0.6 is 0 Å². The van der Waals surface area contributed by atoms with Crippen molar-refractivity contribution in [1.82, 2.24) is 10.6 Å². The molecule has 2 amide bonds. The van der Waals surface area contributed by atoms with Crippen molar-refractivity contribution in [2.45, 2.75) is 31.8 Å². The molecule has 1 aromatic carbocycles. The molecule has 21 heavy (non-hydrogen) atoms. The third-order valence-electron chi connectivity index (χ3n) is 3.80. The number of hydrogen-bond donors (Lipinski definition) is 3. The predicted octanol–water partition coefficient (Wildman–Crippen LogP) is 2.00. The van der Waals surface area contributed by atoms with Gasteiger partial charge in [-0.1, -0.05) is 12.1 Å². The Kier molecular flexibility index (Phi) is 5.76. The minimum Gasteiger partial charge on any atom is -0.335 e. The second kappa shape index (κ2) is 7.56. The number of carbonyl (C=O) groups is 1. The third kappa shape index (κ3) is 4.82. The van der Waals surface area contributed by atoms with E-state index in [1.54, 1.807) is 0 Å². The van der Waals surface area contributed by atoms with Crippen molar-refractivity contribution in [1.29, 1.82) is 0 Å². The van der Waals surface area contributed by atoms with Crippen molar-refractivity contribution < 1.29 is 9.00 Å². The number of hydrogen-bond acceptors (Lipinski definition) is 3. The van der Waals surface area contributed by atoms with Gasteiger partial charge in [0.2, 0.25) is 0 Å². The molecule has 6 heteroatoms. The van der Waals surface area contributed by atoms with Gasteiger partial charge in [-0.25, -0.2) is 4.79 Å². The molecule has 1 unspecified atom stereocenters. The van der Waals surface area contributed by atoms with Gasteiger partial charge in [0, 0.05) is 40.1 Å². The quantitative estimate of drug-likeness (QED) is 0.797. The first kappa shape index (κ1) is 16.0. The Labute approximate surface area is 128 Å². The van der Waals surface area contributed by atoms with E-state index in [1.807, 2.05) is 31.3 Å². The minimum absolute atomic E-state index is 0.127. The Balaban J connectivity index is 1.89. The molecule has 0 bridgehead atoms. The highest BCUT2D eigenvalue weighted by Gasteiger charge is 2.19. The molecule has 0 aliphatic carbocycles. The second-order valence-electron chi connectivity index (χ2n) is 5.36. The lowest BCUT2D eigenvalue weighted by molar-refractivity contribution is 0.247. The molecule has 116 valence electrons. The Bertz CT molecular complexity index is 511. The van der Waals surface area contributed by atoms with Crippen LogP contribution in [0.3, 0.4) is 0 Å². The summed E-state index contributed by atoms with van der Waals surface area (Å²) in [6, 6.07) is 7.98. The summed E-state index contributed by atoms with van der Waals surface area (Å²) in [4.78, 5) is 12.0. The SMILES string of the molecule is CNC(C)c1cccc(NC(=O)NC2CCS(=O)CC2)c1. The van der Waals surface area contributed by atoms with Gasteiger partial charge in [0.05, 0.1) is 0 Å². The predicted molar refractivity (Wildman–Crippen MR) is 87.0 cm³/mol. The van der Waals surface area contributed by atoms with Crippen LogP contribution in [0.15, 0.2) is 24.3 Å². The van der Waals surface area contributed by atoms with Crippen LogP contribution in [0.2, 0.25) is 0 Å². The Morgan fingerprint density at radius 2 is 2.05 bits per heavy atom. The van der Waals surface area contributed by atoms with Crippen molar-refractivity contribution in [2.75, 3.05) is 23.9 Å². The summed E-state index contributed by atoms with van der Waals surface area (Å²) in [5.74, 6) is 1.36. The van der Waals surface area contributed by atoms with Crippen LogP contribution in [-0.4, -0.2) is 34.8 Å². The van der Waals surface area contributed by atoms with Crippen molar-refractivity contribution in [3.63, 3.8) is 0 Å². The van der Waals surface area contributed by atoms with Crippen LogP contribution in [0.5, 0.6) is 0 Å². The van der Waals surface area contributed by atoms with Crippen molar-refractivity contribution in [2.24, 2.45) is 0 Å². The molecule has 1 aliphatic rings. The maximum Gasteiger partial charge on any atom is 0.319 e. The smallest absolute Gasteiger partial charge is 0.319 e. The molecule has 5 nitrogen and oxygen atoms in total. The molecule has 0 aromatic heterocycles. The van der Waals surface area contributed by atoms with E-state index in [9.17, 15) is 9.00 Å². The summed E-state index contributed by atoms with van der Waals surface area (Å²) >= 11 is 0. The molecule has 1 aliphatic heterocycles. The highest BCUT2D eigenvalue weighted by Crippen LogP contribution is 2.17. The number of rotatable bonds is 4. The molecule has 0 saturated carbocycles. The van der Waals surface area contributed by atoms with Gasteiger partial charge in [-0.15, -0.1) is 0 Å². The molecule has 0 spiro atoms. The number of urea groups is 1. The monoisotopic (exact) mass is 309 g/mol. The zero-order chi connectivity index (χ0) is 15.2. The van der Waals surface area contributed by atoms with Gasteiger partial charge < -0.3 is 16.0 Å². The van der Waals surface area contributed by atoms with Crippen molar-refractivity contribution >= 4 is 22.5 Å². The highest BCUT2D eigenvalue weighted by atomic mass is 32.2. The number of carbonyl (C=O) groups excluding carboxylic acids is 1. The highest BCUT2D eigenvalue weighted by molar-refractivity contribution is 7.85. The van der Waals surface area contributed by atoms with Crippen LogP contribution < -0.4 is 16.0 Å². The molecule has 1 heterocycles. The van der Waals surface area contributed by atoms with Crippen LogP contribution in [0.25, 0.3) is 0 Å². The molecule has 1 fully saturated rings. The molecule has 2 rings (SSSR count). The number of nitrogens with one attached hydrogen (secondary N) is 3. The zero-order valence-corrected chi connectivity index (χ0v) is 13.3. The van der Waals surface area contributed by atoms with Crippen molar-refractivity contribution in [3.8, 4) is 0 Å². The number of benzene rings is 1. The summed E-state index contributed by atoms with van der Waals surface area (Å²) in [7, 11) is 1.21.